The van der Waals surface area contributed by atoms with Crippen molar-refractivity contribution in [2.24, 2.45) is 5.92 Å². The number of anilines is 1. The minimum absolute atomic E-state index is 0.0267. The van der Waals surface area contributed by atoms with Crippen LogP contribution in [-0.4, -0.2) is 40.4 Å². The number of pyridine rings is 1. The first-order chi connectivity index (χ1) is 16.0. The number of hydrogen-bond donors (Lipinski definition) is 1. The number of nitrogens with one attached hydrogen (secondary N) is 1. The number of rotatable bonds is 5. The summed E-state index contributed by atoms with van der Waals surface area (Å²) in [6.07, 6.45) is 10.1. The highest BCUT2D eigenvalue weighted by molar-refractivity contribution is 6.05. The zero-order valence-electron chi connectivity index (χ0n) is 18.8. The van der Waals surface area contributed by atoms with Crippen LogP contribution in [0.3, 0.4) is 0 Å². The first-order valence-corrected chi connectivity index (χ1v) is 11.3. The van der Waals surface area contributed by atoms with E-state index in [4.69, 9.17) is 4.98 Å². The standard InChI is InChI=1S/C24H24N8O/c1-4-32-21(16-10-25-13(2)26-11-16)30-19-18(28-12-29-22(19)32)15-7-17-20(27-9-15)31-23(33)24(17,3)8-14-5-6-14/h7,9-12,14H,4-6,8H2,1-3H3,(H,27,31,33)/t24-/m1/s1. The third kappa shape index (κ3) is 3.10. The van der Waals surface area contributed by atoms with Crippen molar-refractivity contribution in [3.05, 3.63) is 42.4 Å². The Morgan fingerprint density at radius 3 is 2.58 bits per heavy atom. The monoisotopic (exact) mass is 440 g/mol. The largest absolute Gasteiger partial charge is 0.310 e. The number of aromatic nitrogens is 7. The number of aryl methyl sites for hydroxylation is 2. The lowest BCUT2D eigenvalue weighted by Gasteiger charge is -2.22. The van der Waals surface area contributed by atoms with Gasteiger partial charge in [-0.25, -0.2) is 29.9 Å². The molecule has 2 aliphatic rings. The number of nitrogens with zero attached hydrogens (tertiary/aromatic N) is 7. The molecule has 9 nitrogen and oxygen atoms in total. The SMILES string of the molecule is CCn1c(-c2cnc(C)nc2)nc2c(-c3cnc4c(c3)[C@@](C)(CC3CC3)C(=O)N4)ncnc21. The molecular weight excluding hydrogens is 416 g/mol. The van der Waals surface area contributed by atoms with Gasteiger partial charge in [-0.15, -0.1) is 0 Å². The van der Waals surface area contributed by atoms with Gasteiger partial charge in [0, 0.05) is 36.3 Å². The van der Waals surface area contributed by atoms with Crippen molar-refractivity contribution < 1.29 is 4.79 Å². The van der Waals surface area contributed by atoms with Gasteiger partial charge in [-0.3, -0.25) is 4.79 Å². The van der Waals surface area contributed by atoms with Gasteiger partial charge >= 0.3 is 0 Å². The van der Waals surface area contributed by atoms with E-state index in [1.165, 1.54) is 12.8 Å². The van der Waals surface area contributed by atoms with E-state index in [9.17, 15) is 4.79 Å². The second-order valence-electron chi connectivity index (χ2n) is 9.15. The molecule has 1 amide bonds. The van der Waals surface area contributed by atoms with Crippen LogP contribution in [0.1, 0.15) is 44.5 Å². The Balaban J connectivity index is 1.50. The summed E-state index contributed by atoms with van der Waals surface area (Å²) in [5.74, 6) is 2.74. The molecule has 0 radical (unpaired) electrons. The van der Waals surface area contributed by atoms with Gasteiger partial charge in [0.25, 0.3) is 0 Å². The van der Waals surface area contributed by atoms with Crippen LogP contribution in [0.25, 0.3) is 33.8 Å². The number of imidazole rings is 1. The van der Waals surface area contributed by atoms with Gasteiger partial charge in [0.2, 0.25) is 5.91 Å². The van der Waals surface area contributed by atoms with Crippen LogP contribution in [0.2, 0.25) is 0 Å². The second kappa shape index (κ2) is 7.13. The molecular formula is C24H24N8O. The van der Waals surface area contributed by atoms with Gasteiger partial charge in [-0.1, -0.05) is 12.8 Å². The maximum absolute atomic E-state index is 12.8. The highest BCUT2D eigenvalue weighted by Gasteiger charge is 2.46. The number of hydrogen-bond acceptors (Lipinski definition) is 7. The number of carbonyl (C=O) groups is 1. The van der Waals surface area contributed by atoms with E-state index in [0.717, 1.165) is 34.6 Å². The van der Waals surface area contributed by atoms with Crippen LogP contribution < -0.4 is 5.32 Å². The van der Waals surface area contributed by atoms with E-state index in [0.29, 0.717) is 35.3 Å². The molecule has 9 heteroatoms. The fourth-order valence-corrected chi connectivity index (χ4v) is 4.76. The number of fused-ring (bicyclic) bond motifs is 2. The average molecular weight is 441 g/mol. The molecule has 0 saturated heterocycles. The Labute approximate surface area is 190 Å². The molecule has 1 saturated carbocycles. The Hall–Kier alpha value is -3.75. The lowest BCUT2D eigenvalue weighted by Crippen LogP contribution is -2.31. The molecule has 0 aromatic carbocycles. The molecule has 1 atom stereocenters. The molecule has 166 valence electrons. The molecule has 1 aliphatic carbocycles. The van der Waals surface area contributed by atoms with Crippen molar-refractivity contribution in [3.63, 3.8) is 0 Å². The zero-order valence-corrected chi connectivity index (χ0v) is 18.8. The first-order valence-electron chi connectivity index (χ1n) is 11.3. The number of carbonyl (C=O) groups excluding carboxylic acids is 1. The Morgan fingerprint density at radius 2 is 1.85 bits per heavy atom. The Bertz CT molecular complexity index is 1410. The number of amides is 1. The van der Waals surface area contributed by atoms with E-state index in [2.05, 4.69) is 37.2 Å². The second-order valence-corrected chi connectivity index (χ2v) is 9.15. The highest BCUT2D eigenvalue weighted by atomic mass is 16.2. The molecule has 4 aromatic rings. The first kappa shape index (κ1) is 19.9. The molecule has 0 unspecified atom stereocenters. The molecule has 0 spiro atoms. The summed E-state index contributed by atoms with van der Waals surface area (Å²) in [7, 11) is 0. The van der Waals surface area contributed by atoms with E-state index in [1.807, 2.05) is 24.5 Å². The third-order valence-corrected chi connectivity index (χ3v) is 6.77. The smallest absolute Gasteiger partial charge is 0.236 e. The average Bonchev–Trinajstić information content (AvgIpc) is 3.49. The summed E-state index contributed by atoms with van der Waals surface area (Å²) in [6, 6.07) is 2.05. The van der Waals surface area contributed by atoms with Crippen molar-refractivity contribution in [3.8, 4) is 22.6 Å². The fourth-order valence-electron chi connectivity index (χ4n) is 4.76. The van der Waals surface area contributed by atoms with E-state index >= 15 is 0 Å². The lowest BCUT2D eigenvalue weighted by atomic mass is 9.79. The van der Waals surface area contributed by atoms with E-state index in [1.54, 1.807) is 24.9 Å². The van der Waals surface area contributed by atoms with Gasteiger partial charge in [0.05, 0.1) is 11.0 Å². The lowest BCUT2D eigenvalue weighted by molar-refractivity contribution is -0.120. The van der Waals surface area contributed by atoms with Crippen molar-refractivity contribution in [1.29, 1.82) is 0 Å². The van der Waals surface area contributed by atoms with Crippen LogP contribution >= 0.6 is 0 Å². The van der Waals surface area contributed by atoms with Crippen LogP contribution in [-0.2, 0) is 16.8 Å². The Morgan fingerprint density at radius 1 is 1.09 bits per heavy atom. The molecule has 0 bridgehead atoms. The molecule has 6 rings (SSSR count). The summed E-state index contributed by atoms with van der Waals surface area (Å²) in [5.41, 5.74) is 4.15. The van der Waals surface area contributed by atoms with Crippen LogP contribution in [0.4, 0.5) is 5.82 Å². The topological polar surface area (TPSA) is 111 Å². The minimum Gasteiger partial charge on any atom is -0.310 e. The van der Waals surface area contributed by atoms with Crippen molar-refractivity contribution >= 4 is 22.9 Å². The van der Waals surface area contributed by atoms with E-state index in [-0.39, 0.29) is 5.91 Å². The van der Waals surface area contributed by atoms with Crippen LogP contribution in [0.5, 0.6) is 0 Å². The Kier molecular flexibility index (Phi) is 4.30. The summed E-state index contributed by atoms with van der Waals surface area (Å²) < 4.78 is 2.04. The molecule has 5 heterocycles. The van der Waals surface area contributed by atoms with Crippen molar-refractivity contribution in [1.82, 2.24) is 34.5 Å². The molecule has 1 fully saturated rings. The van der Waals surface area contributed by atoms with Crippen LogP contribution in [0, 0.1) is 12.8 Å². The van der Waals surface area contributed by atoms with E-state index < -0.39 is 5.41 Å². The molecule has 1 N–H and O–H groups in total. The van der Waals surface area contributed by atoms with Crippen molar-refractivity contribution in [2.75, 3.05) is 5.32 Å². The van der Waals surface area contributed by atoms with Gasteiger partial charge < -0.3 is 9.88 Å². The summed E-state index contributed by atoms with van der Waals surface area (Å²) >= 11 is 0. The maximum Gasteiger partial charge on any atom is 0.236 e. The molecule has 33 heavy (non-hydrogen) atoms. The molecule has 4 aromatic heterocycles. The third-order valence-electron chi connectivity index (χ3n) is 6.77. The normalized spacial score (nSPS) is 19.7. The van der Waals surface area contributed by atoms with Gasteiger partial charge in [0.15, 0.2) is 5.65 Å². The van der Waals surface area contributed by atoms with Gasteiger partial charge in [-0.05, 0) is 39.2 Å². The summed E-state index contributed by atoms with van der Waals surface area (Å²) in [4.78, 5) is 40.1. The highest BCUT2D eigenvalue weighted by Crippen LogP contribution is 2.47. The quantitative estimate of drug-likeness (QED) is 0.504. The fraction of sp³-hybridized carbons (Fsp3) is 0.375. The predicted molar refractivity (Wildman–Crippen MR) is 123 cm³/mol. The summed E-state index contributed by atoms with van der Waals surface area (Å²) in [6.45, 7) is 6.62. The van der Waals surface area contributed by atoms with Crippen molar-refractivity contribution in [2.45, 2.75) is 52.0 Å². The predicted octanol–water partition coefficient (Wildman–Crippen LogP) is 3.68. The van der Waals surface area contributed by atoms with Gasteiger partial charge in [0.1, 0.15) is 35.0 Å². The van der Waals surface area contributed by atoms with Gasteiger partial charge in [-0.2, -0.15) is 0 Å². The maximum atomic E-state index is 12.8. The summed E-state index contributed by atoms with van der Waals surface area (Å²) in [5, 5.41) is 2.97. The minimum atomic E-state index is -0.571. The van der Waals surface area contributed by atoms with Crippen LogP contribution in [0.15, 0.2) is 31.0 Å². The molecule has 1 aliphatic heterocycles. The zero-order chi connectivity index (χ0) is 22.7.